The maximum Gasteiger partial charge on any atom is 0.125 e. The molecule has 27 heavy (non-hydrogen) atoms. The molecule has 2 unspecified atom stereocenters. The van der Waals surface area contributed by atoms with Gasteiger partial charge in [-0.25, -0.2) is 0 Å². The number of ether oxygens (including phenoxy) is 2. The lowest BCUT2D eigenvalue weighted by Gasteiger charge is -2.35. The second-order valence-electron chi connectivity index (χ2n) is 7.41. The standard InChI is InChI=1S/C23H29NO3/c1-24(2)16-19-12-11-18(15-17-9-13-20(26-3)14-10-17)23(19,25)21-7-5-6-8-22(21)27-4/h5-10,13-15,19,25H,11-12,16H2,1-4H3. The fraction of sp³-hybridized carbons (Fsp3) is 0.391. The Morgan fingerprint density at radius 3 is 2.41 bits per heavy atom. The van der Waals surface area contributed by atoms with E-state index in [1.54, 1.807) is 14.2 Å². The quantitative estimate of drug-likeness (QED) is 0.840. The van der Waals surface area contributed by atoms with Crippen LogP contribution >= 0.6 is 0 Å². The fourth-order valence-electron chi connectivity index (χ4n) is 4.09. The minimum absolute atomic E-state index is 0.105. The Balaban J connectivity index is 2.07. The molecular weight excluding hydrogens is 338 g/mol. The van der Waals surface area contributed by atoms with Gasteiger partial charge in [0, 0.05) is 18.0 Å². The highest BCUT2D eigenvalue weighted by atomic mass is 16.5. The average Bonchev–Trinajstić information content (AvgIpc) is 2.98. The highest BCUT2D eigenvalue weighted by molar-refractivity contribution is 5.60. The largest absolute Gasteiger partial charge is 0.497 e. The molecule has 1 fully saturated rings. The van der Waals surface area contributed by atoms with Gasteiger partial charge in [-0.2, -0.15) is 0 Å². The predicted molar refractivity (Wildman–Crippen MR) is 109 cm³/mol. The van der Waals surface area contributed by atoms with Gasteiger partial charge in [-0.15, -0.1) is 0 Å². The maximum absolute atomic E-state index is 12.0. The minimum atomic E-state index is -1.04. The lowest BCUT2D eigenvalue weighted by Crippen LogP contribution is -2.38. The van der Waals surface area contributed by atoms with Crippen molar-refractivity contribution in [2.45, 2.75) is 18.4 Å². The van der Waals surface area contributed by atoms with Crippen LogP contribution in [0.15, 0.2) is 54.1 Å². The predicted octanol–water partition coefficient (Wildman–Crippen LogP) is 3.95. The fourth-order valence-corrected chi connectivity index (χ4v) is 4.09. The Hall–Kier alpha value is -2.30. The van der Waals surface area contributed by atoms with Gasteiger partial charge in [0.05, 0.1) is 14.2 Å². The van der Waals surface area contributed by atoms with E-state index in [9.17, 15) is 5.11 Å². The first-order valence-electron chi connectivity index (χ1n) is 9.34. The van der Waals surface area contributed by atoms with Crippen molar-refractivity contribution < 1.29 is 14.6 Å². The molecule has 0 saturated heterocycles. The summed E-state index contributed by atoms with van der Waals surface area (Å²) in [4.78, 5) is 2.14. The van der Waals surface area contributed by atoms with E-state index >= 15 is 0 Å². The topological polar surface area (TPSA) is 41.9 Å². The second-order valence-corrected chi connectivity index (χ2v) is 7.41. The molecule has 0 radical (unpaired) electrons. The van der Waals surface area contributed by atoms with Gasteiger partial charge in [-0.05, 0) is 56.3 Å². The van der Waals surface area contributed by atoms with Crippen LogP contribution in [0.2, 0.25) is 0 Å². The van der Waals surface area contributed by atoms with Crippen molar-refractivity contribution in [1.82, 2.24) is 4.90 Å². The summed E-state index contributed by atoms with van der Waals surface area (Å²) < 4.78 is 10.8. The first-order valence-corrected chi connectivity index (χ1v) is 9.34. The van der Waals surface area contributed by atoms with E-state index < -0.39 is 5.60 Å². The summed E-state index contributed by atoms with van der Waals surface area (Å²) in [5.41, 5.74) is 1.89. The third-order valence-corrected chi connectivity index (χ3v) is 5.40. The number of hydrogen-bond donors (Lipinski definition) is 1. The molecule has 0 aromatic heterocycles. The van der Waals surface area contributed by atoms with Crippen LogP contribution in [0.25, 0.3) is 6.08 Å². The average molecular weight is 367 g/mol. The van der Waals surface area contributed by atoms with Crippen LogP contribution in [-0.2, 0) is 5.60 Å². The van der Waals surface area contributed by atoms with Gasteiger partial charge in [-0.3, -0.25) is 0 Å². The van der Waals surface area contributed by atoms with Crippen molar-refractivity contribution in [3.8, 4) is 11.5 Å². The van der Waals surface area contributed by atoms with Gasteiger partial charge in [0.2, 0.25) is 0 Å². The molecule has 0 heterocycles. The van der Waals surface area contributed by atoms with Crippen molar-refractivity contribution in [3.63, 3.8) is 0 Å². The number of para-hydroxylation sites is 1. The van der Waals surface area contributed by atoms with Gasteiger partial charge < -0.3 is 19.5 Å². The zero-order valence-electron chi connectivity index (χ0n) is 16.6. The number of rotatable bonds is 6. The van der Waals surface area contributed by atoms with Gasteiger partial charge in [0.15, 0.2) is 0 Å². The van der Waals surface area contributed by atoms with E-state index in [1.807, 2.05) is 62.6 Å². The number of benzene rings is 2. The van der Waals surface area contributed by atoms with Crippen molar-refractivity contribution in [1.29, 1.82) is 0 Å². The van der Waals surface area contributed by atoms with Crippen molar-refractivity contribution in [3.05, 3.63) is 65.2 Å². The monoisotopic (exact) mass is 367 g/mol. The molecule has 2 atom stereocenters. The molecule has 1 aliphatic carbocycles. The third kappa shape index (κ3) is 3.87. The summed E-state index contributed by atoms with van der Waals surface area (Å²) >= 11 is 0. The third-order valence-electron chi connectivity index (χ3n) is 5.40. The van der Waals surface area contributed by atoms with Crippen LogP contribution in [0.4, 0.5) is 0 Å². The van der Waals surface area contributed by atoms with E-state index in [0.29, 0.717) is 0 Å². The number of nitrogens with zero attached hydrogens (tertiary/aromatic N) is 1. The normalized spacial score (nSPS) is 23.8. The van der Waals surface area contributed by atoms with Crippen LogP contribution in [0.3, 0.4) is 0 Å². The van der Waals surface area contributed by atoms with Crippen LogP contribution in [0.5, 0.6) is 11.5 Å². The Morgan fingerprint density at radius 1 is 1.07 bits per heavy atom. The highest BCUT2D eigenvalue weighted by Gasteiger charge is 2.47. The van der Waals surface area contributed by atoms with Gasteiger partial charge in [-0.1, -0.05) is 36.4 Å². The van der Waals surface area contributed by atoms with Crippen LogP contribution in [-0.4, -0.2) is 44.9 Å². The van der Waals surface area contributed by atoms with Gasteiger partial charge >= 0.3 is 0 Å². The van der Waals surface area contributed by atoms with E-state index in [1.165, 1.54) is 0 Å². The maximum atomic E-state index is 12.0. The lowest BCUT2D eigenvalue weighted by atomic mass is 9.80. The van der Waals surface area contributed by atoms with Crippen molar-refractivity contribution in [2.75, 3.05) is 34.9 Å². The lowest BCUT2D eigenvalue weighted by molar-refractivity contribution is 0.0196. The van der Waals surface area contributed by atoms with E-state index in [0.717, 1.165) is 47.6 Å². The van der Waals surface area contributed by atoms with Crippen LogP contribution in [0.1, 0.15) is 24.0 Å². The molecule has 1 N–H and O–H groups in total. The molecule has 4 nitrogen and oxygen atoms in total. The molecular formula is C23H29NO3. The SMILES string of the molecule is COc1ccc(C=C2CCC(CN(C)C)C2(O)c2ccccc2OC)cc1. The van der Waals surface area contributed by atoms with Gasteiger partial charge in [0.1, 0.15) is 17.1 Å². The summed E-state index contributed by atoms with van der Waals surface area (Å²) in [7, 11) is 7.42. The van der Waals surface area contributed by atoms with Crippen LogP contribution in [0, 0.1) is 5.92 Å². The molecule has 2 aromatic rings. The molecule has 0 aliphatic heterocycles. The van der Waals surface area contributed by atoms with Gasteiger partial charge in [0.25, 0.3) is 0 Å². The zero-order valence-corrected chi connectivity index (χ0v) is 16.6. The van der Waals surface area contributed by atoms with E-state index in [2.05, 4.69) is 11.0 Å². The molecule has 144 valence electrons. The Kier molecular flexibility index (Phi) is 5.88. The minimum Gasteiger partial charge on any atom is -0.497 e. The Morgan fingerprint density at radius 2 is 1.78 bits per heavy atom. The van der Waals surface area contributed by atoms with Crippen LogP contribution < -0.4 is 9.47 Å². The number of methoxy groups -OCH3 is 2. The molecule has 0 bridgehead atoms. The number of hydrogen-bond acceptors (Lipinski definition) is 4. The number of aliphatic hydroxyl groups is 1. The molecule has 0 spiro atoms. The van der Waals surface area contributed by atoms with Crippen molar-refractivity contribution >= 4 is 6.08 Å². The Labute approximate surface area is 162 Å². The second kappa shape index (κ2) is 8.15. The van der Waals surface area contributed by atoms with E-state index in [4.69, 9.17) is 9.47 Å². The summed E-state index contributed by atoms with van der Waals surface area (Å²) in [5.74, 6) is 1.66. The van der Waals surface area contributed by atoms with Crippen molar-refractivity contribution in [2.24, 2.45) is 5.92 Å². The molecule has 1 aliphatic rings. The molecule has 2 aromatic carbocycles. The summed E-state index contributed by atoms with van der Waals surface area (Å²) in [6.07, 6.45) is 3.91. The molecule has 1 saturated carbocycles. The first-order chi connectivity index (χ1) is 13.0. The molecule has 3 rings (SSSR count). The smallest absolute Gasteiger partial charge is 0.125 e. The molecule has 4 heteroatoms. The Bertz CT molecular complexity index is 798. The zero-order chi connectivity index (χ0) is 19.4. The summed E-state index contributed by atoms with van der Waals surface area (Å²) in [6.45, 7) is 0.814. The highest BCUT2D eigenvalue weighted by Crippen LogP contribution is 2.50. The summed E-state index contributed by atoms with van der Waals surface area (Å²) in [5, 5.41) is 12.0. The van der Waals surface area contributed by atoms with E-state index in [-0.39, 0.29) is 5.92 Å². The molecule has 0 amide bonds. The summed E-state index contributed by atoms with van der Waals surface area (Å²) in [6, 6.07) is 15.7. The first kappa shape index (κ1) is 19.5.